The summed E-state index contributed by atoms with van der Waals surface area (Å²) in [7, 11) is 1.31. The lowest BCUT2D eigenvalue weighted by Crippen LogP contribution is -2.02. The van der Waals surface area contributed by atoms with E-state index in [0.29, 0.717) is 22.4 Å². The standard InChI is InChI=1S/C14H13N3O4S2/c1-7-11(23-8(2)15-7)12-16-17-14(21-12)22-6-9-4-5-20-10(9)13(18)19-3/h4-5H,6H2,1-3H3. The summed E-state index contributed by atoms with van der Waals surface area (Å²) >= 11 is 2.84. The minimum Gasteiger partial charge on any atom is -0.463 e. The Morgan fingerprint density at radius 3 is 2.91 bits per heavy atom. The number of esters is 1. The van der Waals surface area contributed by atoms with Gasteiger partial charge in [0.1, 0.15) is 4.88 Å². The molecule has 0 bridgehead atoms. The lowest BCUT2D eigenvalue weighted by Gasteiger charge is -1.98. The van der Waals surface area contributed by atoms with Gasteiger partial charge in [0, 0.05) is 11.3 Å². The molecule has 3 aromatic rings. The van der Waals surface area contributed by atoms with Crippen LogP contribution in [-0.2, 0) is 10.5 Å². The van der Waals surface area contributed by atoms with Crippen LogP contribution in [0.5, 0.6) is 0 Å². The first-order valence-corrected chi connectivity index (χ1v) is 8.44. The number of hydrogen-bond donors (Lipinski definition) is 0. The maximum atomic E-state index is 11.6. The molecule has 3 rings (SSSR count). The number of rotatable bonds is 5. The number of ether oxygens (including phenoxy) is 1. The maximum absolute atomic E-state index is 11.6. The number of nitrogens with zero attached hydrogens (tertiary/aromatic N) is 3. The van der Waals surface area contributed by atoms with E-state index in [0.717, 1.165) is 15.6 Å². The first-order chi connectivity index (χ1) is 11.1. The molecule has 0 N–H and O–H groups in total. The fourth-order valence-corrected chi connectivity index (χ4v) is 3.53. The third-order valence-corrected chi connectivity index (χ3v) is 4.90. The van der Waals surface area contributed by atoms with E-state index in [1.165, 1.54) is 36.5 Å². The van der Waals surface area contributed by atoms with E-state index in [1.54, 1.807) is 6.07 Å². The summed E-state index contributed by atoms with van der Waals surface area (Å²) in [5.74, 6) is 0.598. The molecule has 0 unspecified atom stereocenters. The first kappa shape index (κ1) is 15.8. The summed E-state index contributed by atoms with van der Waals surface area (Å²) in [5, 5.41) is 9.44. The van der Waals surface area contributed by atoms with Gasteiger partial charge in [-0.25, -0.2) is 9.78 Å². The number of thiazole rings is 1. The van der Waals surface area contributed by atoms with E-state index < -0.39 is 5.97 Å². The van der Waals surface area contributed by atoms with Crippen molar-refractivity contribution in [2.24, 2.45) is 0 Å². The van der Waals surface area contributed by atoms with Crippen LogP contribution < -0.4 is 0 Å². The summed E-state index contributed by atoms with van der Waals surface area (Å²) in [5.41, 5.74) is 1.59. The molecule has 0 aromatic carbocycles. The van der Waals surface area contributed by atoms with Crippen molar-refractivity contribution < 1.29 is 18.4 Å². The normalized spacial score (nSPS) is 10.9. The predicted octanol–water partition coefficient (Wildman–Crippen LogP) is 3.48. The van der Waals surface area contributed by atoms with Gasteiger partial charge in [0.15, 0.2) is 0 Å². The van der Waals surface area contributed by atoms with E-state index in [4.69, 9.17) is 8.83 Å². The fourth-order valence-electron chi connectivity index (χ4n) is 1.95. The van der Waals surface area contributed by atoms with Crippen LogP contribution in [0.4, 0.5) is 0 Å². The minimum atomic E-state index is -0.507. The van der Waals surface area contributed by atoms with Gasteiger partial charge in [0.05, 0.1) is 24.1 Å². The van der Waals surface area contributed by atoms with Crippen LogP contribution in [-0.4, -0.2) is 28.3 Å². The molecule has 0 atom stereocenters. The van der Waals surface area contributed by atoms with Gasteiger partial charge in [-0.1, -0.05) is 11.8 Å². The fraction of sp³-hybridized carbons (Fsp3) is 0.286. The Morgan fingerprint density at radius 2 is 2.22 bits per heavy atom. The lowest BCUT2D eigenvalue weighted by atomic mass is 10.3. The van der Waals surface area contributed by atoms with Crippen molar-refractivity contribution in [3.8, 4) is 10.8 Å². The highest BCUT2D eigenvalue weighted by atomic mass is 32.2. The summed E-state index contributed by atoms with van der Waals surface area (Å²) in [6, 6.07) is 1.72. The number of furan rings is 1. The van der Waals surface area contributed by atoms with Gasteiger partial charge in [-0.05, 0) is 19.9 Å². The van der Waals surface area contributed by atoms with Crippen molar-refractivity contribution in [3.63, 3.8) is 0 Å². The highest BCUT2D eigenvalue weighted by molar-refractivity contribution is 7.98. The molecule has 3 aromatic heterocycles. The molecule has 120 valence electrons. The minimum absolute atomic E-state index is 0.189. The van der Waals surface area contributed by atoms with Crippen LogP contribution in [0.1, 0.15) is 26.8 Å². The Balaban J connectivity index is 1.72. The number of thioether (sulfide) groups is 1. The highest BCUT2D eigenvalue weighted by Crippen LogP contribution is 2.31. The summed E-state index contributed by atoms with van der Waals surface area (Å²) in [6.45, 7) is 3.84. The highest BCUT2D eigenvalue weighted by Gasteiger charge is 2.18. The van der Waals surface area contributed by atoms with Gasteiger partial charge in [-0.2, -0.15) is 0 Å². The van der Waals surface area contributed by atoms with E-state index in [-0.39, 0.29) is 5.76 Å². The molecular weight excluding hydrogens is 338 g/mol. The quantitative estimate of drug-likeness (QED) is 0.509. The molecule has 0 aliphatic heterocycles. The molecule has 0 amide bonds. The van der Waals surface area contributed by atoms with E-state index in [2.05, 4.69) is 19.9 Å². The van der Waals surface area contributed by atoms with Gasteiger partial charge < -0.3 is 13.6 Å². The van der Waals surface area contributed by atoms with Crippen LogP contribution in [0.2, 0.25) is 0 Å². The Morgan fingerprint density at radius 1 is 1.39 bits per heavy atom. The Labute approximate surface area is 140 Å². The molecule has 0 aliphatic carbocycles. The van der Waals surface area contributed by atoms with Crippen molar-refractivity contribution >= 4 is 29.1 Å². The van der Waals surface area contributed by atoms with Crippen molar-refractivity contribution in [2.45, 2.75) is 24.8 Å². The predicted molar refractivity (Wildman–Crippen MR) is 84.5 cm³/mol. The summed E-state index contributed by atoms with van der Waals surface area (Å²) in [4.78, 5) is 16.8. The van der Waals surface area contributed by atoms with Crippen LogP contribution in [0.25, 0.3) is 10.8 Å². The SMILES string of the molecule is COC(=O)c1occc1CSc1nnc(-c2sc(C)nc2C)o1. The molecule has 7 nitrogen and oxygen atoms in total. The molecule has 0 spiro atoms. The van der Waals surface area contributed by atoms with Crippen molar-refractivity contribution in [2.75, 3.05) is 7.11 Å². The topological polar surface area (TPSA) is 91.2 Å². The van der Waals surface area contributed by atoms with Gasteiger partial charge >= 0.3 is 5.97 Å². The second-order valence-corrected chi connectivity index (χ2v) is 6.71. The monoisotopic (exact) mass is 351 g/mol. The Hall–Kier alpha value is -2.13. The number of aromatic nitrogens is 3. The Bertz CT molecular complexity index is 837. The number of methoxy groups -OCH3 is 1. The average Bonchev–Trinajstić information content (AvgIpc) is 3.24. The molecule has 9 heteroatoms. The van der Waals surface area contributed by atoms with E-state index in [1.807, 2.05) is 13.8 Å². The van der Waals surface area contributed by atoms with Crippen molar-refractivity contribution in [1.82, 2.24) is 15.2 Å². The number of hydrogen-bond acceptors (Lipinski definition) is 9. The largest absolute Gasteiger partial charge is 0.463 e. The molecule has 23 heavy (non-hydrogen) atoms. The maximum Gasteiger partial charge on any atom is 0.374 e. The molecule has 0 aliphatic rings. The smallest absolute Gasteiger partial charge is 0.374 e. The third kappa shape index (κ3) is 3.30. The van der Waals surface area contributed by atoms with E-state index >= 15 is 0 Å². The molecule has 0 saturated carbocycles. The average molecular weight is 351 g/mol. The lowest BCUT2D eigenvalue weighted by molar-refractivity contribution is 0.0564. The second-order valence-electron chi connectivity index (χ2n) is 4.58. The molecule has 3 heterocycles. The second kappa shape index (κ2) is 6.55. The molecule has 0 radical (unpaired) electrons. The number of aryl methyl sites for hydroxylation is 2. The Kier molecular flexibility index (Phi) is 4.49. The first-order valence-electron chi connectivity index (χ1n) is 6.64. The molecule has 0 fully saturated rings. The van der Waals surface area contributed by atoms with Crippen LogP contribution in [0, 0.1) is 13.8 Å². The number of carbonyl (C=O) groups excluding carboxylic acids is 1. The van der Waals surface area contributed by atoms with E-state index in [9.17, 15) is 4.79 Å². The van der Waals surface area contributed by atoms with Crippen LogP contribution >= 0.6 is 23.1 Å². The zero-order valence-corrected chi connectivity index (χ0v) is 14.3. The van der Waals surface area contributed by atoms with Gasteiger partial charge in [0.25, 0.3) is 11.1 Å². The van der Waals surface area contributed by atoms with Crippen LogP contribution in [0.3, 0.4) is 0 Å². The molecular formula is C14H13N3O4S2. The summed E-state index contributed by atoms with van der Waals surface area (Å²) < 4.78 is 15.5. The van der Waals surface area contributed by atoms with Crippen LogP contribution in [0.15, 0.2) is 26.4 Å². The van der Waals surface area contributed by atoms with Gasteiger partial charge in [0.2, 0.25) is 5.76 Å². The van der Waals surface area contributed by atoms with Crippen molar-refractivity contribution in [1.29, 1.82) is 0 Å². The zero-order valence-electron chi connectivity index (χ0n) is 12.7. The van der Waals surface area contributed by atoms with Crippen molar-refractivity contribution in [3.05, 3.63) is 34.4 Å². The zero-order chi connectivity index (χ0) is 16.4. The summed E-state index contributed by atoms with van der Waals surface area (Å²) in [6.07, 6.45) is 1.45. The van der Waals surface area contributed by atoms with Gasteiger partial charge in [-0.3, -0.25) is 0 Å². The van der Waals surface area contributed by atoms with Gasteiger partial charge in [-0.15, -0.1) is 21.5 Å². The third-order valence-electron chi connectivity index (χ3n) is 2.97. The molecule has 0 saturated heterocycles. The number of carbonyl (C=O) groups is 1.